The minimum Gasteiger partial charge on any atom is -0.379 e. The molecule has 12 heteroatoms. The van der Waals surface area contributed by atoms with Crippen LogP contribution in [0.1, 0.15) is 36.7 Å². The molecule has 0 unspecified atom stereocenters. The molecule has 45 heavy (non-hydrogen) atoms. The molecule has 2 aliphatic heterocycles. The van der Waals surface area contributed by atoms with Gasteiger partial charge in [-0.1, -0.05) is 47.5 Å². The molecule has 0 N–H and O–H groups in total. The molecule has 3 aromatic carbocycles. The Hall–Kier alpha value is -3.29. The normalized spacial score (nSPS) is 18.8. The van der Waals surface area contributed by atoms with E-state index in [-0.39, 0.29) is 29.4 Å². The number of sulfonamides is 2. The average molecular weight is 654 g/mol. The molecule has 0 bridgehead atoms. The van der Waals surface area contributed by atoms with E-state index in [1.54, 1.807) is 48.5 Å². The Morgan fingerprint density at radius 2 is 1.33 bits per heavy atom. The van der Waals surface area contributed by atoms with Gasteiger partial charge in [-0.2, -0.15) is 12.7 Å². The van der Waals surface area contributed by atoms with E-state index in [1.165, 1.54) is 4.31 Å². The summed E-state index contributed by atoms with van der Waals surface area (Å²) in [6, 6.07) is 21.3. The van der Waals surface area contributed by atoms with E-state index < -0.39 is 26.2 Å². The van der Waals surface area contributed by atoms with Crippen molar-refractivity contribution in [2.24, 2.45) is 4.40 Å². The van der Waals surface area contributed by atoms with Gasteiger partial charge in [-0.15, -0.1) is 4.40 Å². The van der Waals surface area contributed by atoms with Gasteiger partial charge in [-0.25, -0.2) is 8.42 Å². The summed E-state index contributed by atoms with van der Waals surface area (Å²) in [6.07, 6.45) is -0.796. The van der Waals surface area contributed by atoms with Crippen molar-refractivity contribution >= 4 is 31.6 Å². The first kappa shape index (κ1) is 33.1. The molecule has 0 radical (unpaired) electrons. The summed E-state index contributed by atoms with van der Waals surface area (Å²) in [6.45, 7) is 12.7. The van der Waals surface area contributed by atoms with Crippen LogP contribution >= 0.6 is 0 Å². The van der Waals surface area contributed by atoms with Gasteiger partial charge in [-0.05, 0) is 69.7 Å². The highest BCUT2D eigenvalue weighted by atomic mass is 32.2. The number of anilines is 1. The fourth-order valence-electron chi connectivity index (χ4n) is 5.80. The van der Waals surface area contributed by atoms with Crippen molar-refractivity contribution in [1.29, 1.82) is 0 Å². The van der Waals surface area contributed by atoms with Crippen molar-refractivity contribution in [2.45, 2.75) is 43.7 Å². The highest BCUT2D eigenvalue weighted by molar-refractivity contribution is 7.90. The fourth-order valence-corrected chi connectivity index (χ4v) is 8.40. The summed E-state index contributed by atoms with van der Waals surface area (Å²) in [5.74, 6) is 0.303. The average Bonchev–Trinajstić information content (AvgIpc) is 3.49. The highest BCUT2D eigenvalue weighted by Gasteiger charge is 2.43. The molecule has 2 saturated heterocycles. The van der Waals surface area contributed by atoms with Crippen molar-refractivity contribution in [2.75, 3.05) is 63.9 Å². The third-order valence-electron chi connectivity index (χ3n) is 8.42. The summed E-state index contributed by atoms with van der Waals surface area (Å²) in [7, 11) is -8.04. The molecule has 0 aliphatic carbocycles. The number of morpholine rings is 1. The Balaban J connectivity index is 1.62. The van der Waals surface area contributed by atoms with E-state index in [4.69, 9.17) is 4.74 Å². The first-order chi connectivity index (χ1) is 21.5. The van der Waals surface area contributed by atoms with Gasteiger partial charge < -0.3 is 14.5 Å². The lowest BCUT2D eigenvalue weighted by Gasteiger charge is -2.35. The third-order valence-corrected chi connectivity index (χ3v) is 11.6. The van der Waals surface area contributed by atoms with Crippen LogP contribution in [0.2, 0.25) is 0 Å². The molecule has 0 spiro atoms. The zero-order chi connectivity index (χ0) is 32.2. The van der Waals surface area contributed by atoms with Crippen LogP contribution in [-0.4, -0.2) is 95.8 Å². The lowest BCUT2D eigenvalue weighted by molar-refractivity contribution is 0.0438. The fraction of sp³-hybridized carbons (Fsp3) is 0.424. The van der Waals surface area contributed by atoms with Gasteiger partial charge in [0.15, 0.2) is 0 Å². The van der Waals surface area contributed by atoms with E-state index in [2.05, 4.69) is 28.0 Å². The monoisotopic (exact) mass is 653 g/mol. The first-order valence-electron chi connectivity index (χ1n) is 15.4. The van der Waals surface area contributed by atoms with E-state index in [1.807, 2.05) is 43.0 Å². The number of ether oxygens (including phenoxy) is 1. The van der Waals surface area contributed by atoms with E-state index >= 15 is 0 Å². The van der Waals surface area contributed by atoms with Gasteiger partial charge in [0, 0.05) is 45.0 Å². The topological polar surface area (TPSA) is 103 Å². The second kappa shape index (κ2) is 14.0. The van der Waals surface area contributed by atoms with Crippen LogP contribution in [0.4, 0.5) is 5.69 Å². The summed E-state index contributed by atoms with van der Waals surface area (Å²) >= 11 is 0. The highest BCUT2D eigenvalue weighted by Crippen LogP contribution is 2.37. The number of amidine groups is 1. The van der Waals surface area contributed by atoms with Gasteiger partial charge in [0.05, 0.1) is 29.5 Å². The van der Waals surface area contributed by atoms with Crippen molar-refractivity contribution in [3.8, 4) is 0 Å². The van der Waals surface area contributed by atoms with Crippen molar-refractivity contribution < 1.29 is 21.6 Å². The summed E-state index contributed by atoms with van der Waals surface area (Å²) in [4.78, 5) is 6.45. The smallest absolute Gasteiger partial charge is 0.283 e. The standard InChI is InChI=1S/C33H43N5O5S2/c1-5-36(6-2)29-13-11-28(12-14-29)33-37(19-20-38(33)45(41,42)31-17-9-27(4)10-18-31)32(25-35-21-23-43-24-22-35)34-44(39,40)30-15-7-26(3)8-16-30/h7-18,33H,5-6,19-25H2,1-4H3/t33-/m0/s1. The molecule has 5 rings (SSSR count). The van der Waals surface area contributed by atoms with E-state index in [9.17, 15) is 16.8 Å². The van der Waals surface area contributed by atoms with Crippen molar-refractivity contribution in [3.63, 3.8) is 0 Å². The molecule has 2 heterocycles. The van der Waals surface area contributed by atoms with E-state index in [0.29, 0.717) is 32.1 Å². The van der Waals surface area contributed by atoms with Crippen LogP contribution in [0.5, 0.6) is 0 Å². The molecule has 3 aromatic rings. The molecular formula is C33H43N5O5S2. The predicted octanol–water partition coefficient (Wildman–Crippen LogP) is 4.27. The van der Waals surface area contributed by atoms with Crippen LogP contribution < -0.4 is 4.90 Å². The Bertz CT molecular complexity index is 1680. The van der Waals surface area contributed by atoms with Crippen molar-refractivity contribution in [3.05, 3.63) is 89.5 Å². The van der Waals surface area contributed by atoms with Gasteiger partial charge >= 0.3 is 0 Å². The van der Waals surface area contributed by atoms with Crippen LogP contribution in [0.3, 0.4) is 0 Å². The zero-order valence-corrected chi connectivity index (χ0v) is 28.1. The van der Waals surface area contributed by atoms with Crippen molar-refractivity contribution in [1.82, 2.24) is 14.1 Å². The van der Waals surface area contributed by atoms with E-state index in [0.717, 1.165) is 35.5 Å². The quantitative estimate of drug-likeness (QED) is 0.236. The predicted molar refractivity (Wildman–Crippen MR) is 178 cm³/mol. The molecule has 2 fully saturated rings. The van der Waals surface area contributed by atoms with Crippen LogP contribution in [-0.2, 0) is 24.8 Å². The summed E-state index contributed by atoms with van der Waals surface area (Å²) in [5.41, 5.74) is 3.67. The second-order valence-electron chi connectivity index (χ2n) is 11.4. The number of hydrogen-bond donors (Lipinski definition) is 0. The number of nitrogens with zero attached hydrogens (tertiary/aromatic N) is 5. The largest absolute Gasteiger partial charge is 0.379 e. The third kappa shape index (κ3) is 7.41. The lowest BCUT2D eigenvalue weighted by Crippen LogP contribution is -2.46. The Kier molecular flexibility index (Phi) is 10.3. The molecular weight excluding hydrogens is 611 g/mol. The maximum absolute atomic E-state index is 14.2. The maximum atomic E-state index is 14.2. The van der Waals surface area contributed by atoms with Gasteiger partial charge in [0.1, 0.15) is 12.0 Å². The maximum Gasteiger partial charge on any atom is 0.283 e. The molecule has 1 atom stereocenters. The van der Waals surface area contributed by atoms with Gasteiger partial charge in [0.25, 0.3) is 10.0 Å². The van der Waals surface area contributed by atoms with Gasteiger partial charge in [-0.3, -0.25) is 4.90 Å². The second-order valence-corrected chi connectivity index (χ2v) is 14.9. The SMILES string of the molecule is CCN(CC)c1ccc([C@H]2N(C(CN3CCOCC3)=NS(=O)(=O)c3ccc(C)cc3)CCN2S(=O)(=O)c2ccc(C)cc2)cc1. The number of benzene rings is 3. The zero-order valence-electron chi connectivity index (χ0n) is 26.5. The van der Waals surface area contributed by atoms with Crippen LogP contribution in [0.15, 0.2) is 87.0 Å². The minimum atomic E-state index is -4.09. The molecule has 2 aliphatic rings. The van der Waals surface area contributed by atoms with Gasteiger partial charge in [0.2, 0.25) is 10.0 Å². The Morgan fingerprint density at radius 1 is 0.778 bits per heavy atom. The molecule has 0 aromatic heterocycles. The van der Waals surface area contributed by atoms with Crippen LogP contribution in [0.25, 0.3) is 0 Å². The number of rotatable bonds is 10. The number of hydrogen-bond acceptors (Lipinski definition) is 7. The lowest BCUT2D eigenvalue weighted by atomic mass is 10.1. The Labute approximate surface area is 268 Å². The molecule has 0 amide bonds. The molecule has 10 nitrogen and oxygen atoms in total. The minimum absolute atomic E-state index is 0.0935. The first-order valence-corrected chi connectivity index (χ1v) is 18.3. The van der Waals surface area contributed by atoms with Crippen LogP contribution in [0, 0.1) is 13.8 Å². The summed E-state index contributed by atoms with van der Waals surface area (Å²) < 4.78 is 67.3. The Morgan fingerprint density at radius 3 is 1.89 bits per heavy atom. The molecule has 242 valence electrons. The number of aryl methyl sites for hydroxylation is 2. The molecule has 0 saturated carbocycles. The summed E-state index contributed by atoms with van der Waals surface area (Å²) in [5, 5.41) is 0.